The Morgan fingerprint density at radius 3 is 2.45 bits per heavy atom. The number of likely N-dealkylation sites (N-methyl/N-ethyl adjacent to an activating group) is 1. The number of fused-ring (bicyclic) bond motifs is 1. The molecule has 3 aromatic rings. The minimum atomic E-state index is -0.713. The second kappa shape index (κ2) is 8.80. The summed E-state index contributed by atoms with van der Waals surface area (Å²) in [5.74, 6) is 0.761. The van der Waals surface area contributed by atoms with Crippen LogP contribution in [0, 0.1) is 0 Å². The van der Waals surface area contributed by atoms with E-state index < -0.39 is 5.54 Å². The van der Waals surface area contributed by atoms with Gasteiger partial charge in [0.1, 0.15) is 11.3 Å². The molecule has 0 N–H and O–H groups in total. The fraction of sp³-hybridized carbons (Fsp3) is 0.385. The smallest absolute Gasteiger partial charge is 0.327 e. The summed E-state index contributed by atoms with van der Waals surface area (Å²) in [7, 11) is 3.26. The fourth-order valence-corrected chi connectivity index (χ4v) is 6.23. The third kappa shape index (κ3) is 4.00. The fourth-order valence-electron chi connectivity index (χ4n) is 5.12. The maximum Gasteiger partial charge on any atom is 0.327 e. The Labute approximate surface area is 198 Å². The normalized spacial score (nSPS) is 18.6. The number of imide groups is 1. The first-order valence-corrected chi connectivity index (χ1v) is 12.2. The molecule has 0 aliphatic carbocycles. The van der Waals surface area contributed by atoms with Crippen molar-refractivity contribution < 1.29 is 14.3 Å². The van der Waals surface area contributed by atoms with E-state index in [0.717, 1.165) is 30.9 Å². The molecular formula is C26H29N3O3S. The van der Waals surface area contributed by atoms with E-state index in [-0.39, 0.29) is 11.9 Å². The first-order chi connectivity index (χ1) is 16.0. The molecule has 6 nitrogen and oxygen atoms in total. The zero-order valence-electron chi connectivity index (χ0n) is 19.1. The van der Waals surface area contributed by atoms with Crippen molar-refractivity contribution in [2.45, 2.75) is 31.3 Å². The van der Waals surface area contributed by atoms with E-state index in [1.807, 2.05) is 40.5 Å². The summed E-state index contributed by atoms with van der Waals surface area (Å²) in [4.78, 5) is 33.1. The van der Waals surface area contributed by atoms with Gasteiger partial charge < -0.3 is 9.64 Å². The Hall–Kier alpha value is -2.90. The zero-order chi connectivity index (χ0) is 23.0. The Bertz CT molecular complexity index is 1130. The van der Waals surface area contributed by atoms with Gasteiger partial charge in [-0.3, -0.25) is 14.6 Å². The third-order valence-electron chi connectivity index (χ3n) is 7.06. The highest BCUT2D eigenvalue weighted by atomic mass is 32.1. The number of urea groups is 1. The highest BCUT2D eigenvalue weighted by molar-refractivity contribution is 7.19. The molecule has 2 saturated heterocycles. The molecule has 1 spiro atoms. The lowest BCUT2D eigenvalue weighted by Crippen LogP contribution is -2.56. The molecule has 1 aromatic heterocycles. The number of carbonyl (C=O) groups is 2. The van der Waals surface area contributed by atoms with E-state index in [4.69, 9.17) is 4.74 Å². The largest absolute Gasteiger partial charge is 0.497 e. The van der Waals surface area contributed by atoms with Crippen molar-refractivity contribution in [2.24, 2.45) is 0 Å². The van der Waals surface area contributed by atoms with Crippen molar-refractivity contribution in [2.75, 3.05) is 33.8 Å². The van der Waals surface area contributed by atoms with Crippen LogP contribution in [-0.2, 0) is 17.8 Å². The van der Waals surface area contributed by atoms with Gasteiger partial charge >= 0.3 is 6.03 Å². The van der Waals surface area contributed by atoms with Gasteiger partial charge in [-0.1, -0.05) is 30.3 Å². The third-order valence-corrected chi connectivity index (χ3v) is 8.16. The van der Waals surface area contributed by atoms with Crippen molar-refractivity contribution in [1.82, 2.24) is 14.7 Å². The van der Waals surface area contributed by atoms with Crippen LogP contribution in [0.2, 0.25) is 0 Å². The number of benzene rings is 2. The average Bonchev–Trinajstić information content (AvgIpc) is 3.33. The van der Waals surface area contributed by atoms with Crippen molar-refractivity contribution in [1.29, 1.82) is 0 Å². The lowest BCUT2D eigenvalue weighted by molar-refractivity contribution is -0.134. The topological polar surface area (TPSA) is 53.1 Å². The number of likely N-dealkylation sites (tertiary alicyclic amines) is 1. The van der Waals surface area contributed by atoms with Gasteiger partial charge in [-0.2, -0.15) is 0 Å². The van der Waals surface area contributed by atoms with E-state index in [9.17, 15) is 9.59 Å². The lowest BCUT2D eigenvalue weighted by atomic mass is 9.85. The number of thiophene rings is 1. The second-order valence-corrected chi connectivity index (χ2v) is 10.1. The Kier molecular flexibility index (Phi) is 5.85. The number of hydrogen-bond donors (Lipinski definition) is 0. The molecule has 3 heterocycles. The van der Waals surface area contributed by atoms with Crippen LogP contribution in [0.4, 0.5) is 4.79 Å². The first-order valence-electron chi connectivity index (χ1n) is 11.4. The minimum absolute atomic E-state index is 0.0521. The summed E-state index contributed by atoms with van der Waals surface area (Å²) in [5, 5.41) is 1.29. The number of methoxy groups -OCH3 is 1. The molecule has 172 valence electrons. The minimum Gasteiger partial charge on any atom is -0.497 e. The lowest BCUT2D eigenvalue weighted by Gasteiger charge is -2.42. The van der Waals surface area contributed by atoms with E-state index in [0.29, 0.717) is 25.8 Å². The Morgan fingerprint density at radius 1 is 1.03 bits per heavy atom. The summed E-state index contributed by atoms with van der Waals surface area (Å²) >= 11 is 1.83. The molecule has 0 bridgehead atoms. The predicted octanol–water partition coefficient (Wildman–Crippen LogP) is 4.38. The number of rotatable bonds is 6. The predicted molar refractivity (Wildman–Crippen MR) is 131 cm³/mol. The van der Waals surface area contributed by atoms with Gasteiger partial charge in [-0.25, -0.2) is 4.79 Å². The number of ether oxygens (including phenoxy) is 1. The van der Waals surface area contributed by atoms with E-state index in [1.165, 1.54) is 19.9 Å². The summed E-state index contributed by atoms with van der Waals surface area (Å²) in [5.41, 5.74) is 0.414. The number of hydrogen-bond acceptors (Lipinski definition) is 5. The standard InChI is InChI=1S/C26H29N3O3S/c1-27-24(30)26(29(25(27)31)14-11-19-7-9-21(32-2)10-8-19)12-15-28(16-13-26)18-22-17-20-5-3-4-6-23(20)33-22/h3-10,17H,11-16,18H2,1-2H3. The van der Waals surface area contributed by atoms with Crippen LogP contribution in [0.15, 0.2) is 54.6 Å². The number of nitrogens with zero attached hydrogens (tertiary/aromatic N) is 3. The molecule has 33 heavy (non-hydrogen) atoms. The molecular weight excluding hydrogens is 434 g/mol. The van der Waals surface area contributed by atoms with E-state index >= 15 is 0 Å². The van der Waals surface area contributed by atoms with Crippen LogP contribution in [-0.4, -0.2) is 66.0 Å². The van der Waals surface area contributed by atoms with Gasteiger partial charge in [0, 0.05) is 42.8 Å². The molecule has 5 rings (SSSR count). The highest BCUT2D eigenvalue weighted by Crippen LogP contribution is 2.37. The van der Waals surface area contributed by atoms with Crippen molar-refractivity contribution in [3.63, 3.8) is 0 Å². The first kappa shape index (κ1) is 21.9. The molecule has 7 heteroatoms. The van der Waals surface area contributed by atoms with Gasteiger partial charge in [0.2, 0.25) is 0 Å². The van der Waals surface area contributed by atoms with Crippen LogP contribution in [0.3, 0.4) is 0 Å². The maximum atomic E-state index is 13.2. The molecule has 2 aliphatic rings. The van der Waals surface area contributed by atoms with Crippen molar-refractivity contribution in [3.05, 3.63) is 65.0 Å². The number of carbonyl (C=O) groups excluding carboxylic acids is 2. The van der Waals surface area contributed by atoms with Gasteiger partial charge in [0.05, 0.1) is 7.11 Å². The quantitative estimate of drug-likeness (QED) is 0.509. The Morgan fingerprint density at radius 2 is 1.76 bits per heavy atom. The van der Waals surface area contributed by atoms with Crippen LogP contribution in [0.5, 0.6) is 5.75 Å². The molecule has 2 aliphatic heterocycles. The number of piperidine rings is 1. The molecule has 0 unspecified atom stereocenters. The van der Waals surface area contributed by atoms with Gasteiger partial charge in [-0.05, 0) is 54.5 Å². The van der Waals surface area contributed by atoms with E-state index in [2.05, 4.69) is 35.2 Å². The van der Waals surface area contributed by atoms with Crippen LogP contribution >= 0.6 is 11.3 Å². The van der Waals surface area contributed by atoms with Crippen LogP contribution in [0.25, 0.3) is 10.1 Å². The molecule has 0 radical (unpaired) electrons. The number of amides is 3. The van der Waals surface area contributed by atoms with Crippen molar-refractivity contribution in [3.8, 4) is 5.75 Å². The van der Waals surface area contributed by atoms with E-state index in [1.54, 1.807) is 14.2 Å². The average molecular weight is 464 g/mol. The monoisotopic (exact) mass is 463 g/mol. The van der Waals surface area contributed by atoms with Crippen LogP contribution < -0.4 is 4.74 Å². The molecule has 0 saturated carbocycles. The summed E-state index contributed by atoms with van der Waals surface area (Å²) < 4.78 is 6.54. The Balaban J connectivity index is 1.27. The molecule has 0 atom stereocenters. The summed E-state index contributed by atoms with van der Waals surface area (Å²) in [6, 6.07) is 18.5. The summed E-state index contributed by atoms with van der Waals surface area (Å²) in [6.07, 6.45) is 2.06. The molecule has 2 fully saturated rings. The zero-order valence-corrected chi connectivity index (χ0v) is 19.9. The highest BCUT2D eigenvalue weighted by Gasteiger charge is 2.56. The van der Waals surface area contributed by atoms with Crippen LogP contribution in [0.1, 0.15) is 23.3 Å². The van der Waals surface area contributed by atoms with Gasteiger partial charge in [0.15, 0.2) is 0 Å². The second-order valence-electron chi connectivity index (χ2n) is 8.95. The molecule has 3 amide bonds. The maximum absolute atomic E-state index is 13.2. The van der Waals surface area contributed by atoms with Gasteiger partial charge in [0.25, 0.3) is 5.91 Å². The van der Waals surface area contributed by atoms with Crippen molar-refractivity contribution >= 4 is 33.4 Å². The SMILES string of the molecule is COc1ccc(CCN2C(=O)N(C)C(=O)C23CCN(Cc2cc4ccccc4s2)CC3)cc1. The molecule has 2 aromatic carbocycles. The van der Waals surface area contributed by atoms with Gasteiger partial charge in [-0.15, -0.1) is 11.3 Å². The summed E-state index contributed by atoms with van der Waals surface area (Å²) in [6.45, 7) is 3.04.